The molecular formula is C7H13ClN2O2S. The number of sulfonamides is 1. The number of hydrogen-bond acceptors (Lipinski definition) is 3. The van der Waals surface area contributed by atoms with E-state index in [1.54, 1.807) is 13.8 Å². The molecule has 0 aliphatic heterocycles. The summed E-state index contributed by atoms with van der Waals surface area (Å²) >= 11 is 5.30. The Morgan fingerprint density at radius 2 is 2.08 bits per heavy atom. The zero-order valence-electron chi connectivity index (χ0n) is 7.70. The number of nitrogens with zero attached hydrogens (tertiary/aromatic N) is 2. The fourth-order valence-electron chi connectivity index (χ4n) is 0.941. The molecule has 0 saturated heterocycles. The van der Waals surface area contributed by atoms with E-state index in [1.165, 1.54) is 4.31 Å². The third-order valence-electron chi connectivity index (χ3n) is 1.52. The van der Waals surface area contributed by atoms with Crippen LogP contribution >= 0.6 is 11.6 Å². The van der Waals surface area contributed by atoms with E-state index in [9.17, 15) is 8.42 Å². The molecule has 76 valence electrons. The van der Waals surface area contributed by atoms with Gasteiger partial charge in [0.05, 0.1) is 6.07 Å². The van der Waals surface area contributed by atoms with Gasteiger partial charge in [0.1, 0.15) is 5.21 Å². The van der Waals surface area contributed by atoms with Crippen molar-refractivity contribution in [3.05, 3.63) is 0 Å². The van der Waals surface area contributed by atoms with Crippen molar-refractivity contribution in [2.45, 2.75) is 26.3 Å². The Balaban J connectivity index is 4.54. The smallest absolute Gasteiger partial charge is 0.211 e. The number of hydrogen-bond donors (Lipinski definition) is 0. The molecule has 13 heavy (non-hydrogen) atoms. The summed E-state index contributed by atoms with van der Waals surface area (Å²) in [4.78, 5) is 0. The first kappa shape index (κ1) is 12.7. The summed E-state index contributed by atoms with van der Waals surface area (Å²) in [6.07, 6.45) is 0.189. The van der Waals surface area contributed by atoms with Crippen LogP contribution in [-0.4, -0.2) is 30.5 Å². The van der Waals surface area contributed by atoms with Gasteiger partial charge in [0.2, 0.25) is 10.0 Å². The predicted octanol–water partition coefficient (Wildman–Crippen LogP) is 1.14. The Bertz CT molecular complexity index is 281. The maximum Gasteiger partial charge on any atom is 0.228 e. The highest BCUT2D eigenvalue weighted by atomic mass is 35.5. The molecule has 0 aromatic carbocycles. The monoisotopic (exact) mass is 224 g/mol. The van der Waals surface area contributed by atoms with Gasteiger partial charge in [-0.05, 0) is 13.8 Å². The zero-order chi connectivity index (χ0) is 10.5. The number of nitriles is 1. The summed E-state index contributed by atoms with van der Waals surface area (Å²) in [7, 11) is -3.38. The summed E-state index contributed by atoms with van der Waals surface area (Å²) in [5.41, 5.74) is 0. The first-order valence-corrected chi connectivity index (χ1v) is 6.02. The maximum absolute atomic E-state index is 11.3. The molecule has 0 heterocycles. The molecule has 6 heteroatoms. The van der Waals surface area contributed by atoms with Gasteiger partial charge in [-0.25, -0.2) is 8.42 Å². The molecular weight excluding hydrogens is 212 g/mol. The molecule has 4 nitrogen and oxygen atoms in total. The minimum absolute atomic E-state index is 0.155. The van der Waals surface area contributed by atoms with Gasteiger partial charge in [-0.15, -0.1) is 11.6 Å². The van der Waals surface area contributed by atoms with Gasteiger partial charge in [0.25, 0.3) is 0 Å². The number of alkyl halides is 1. The van der Waals surface area contributed by atoms with Gasteiger partial charge in [-0.2, -0.15) is 9.57 Å². The second kappa shape index (κ2) is 5.43. The quantitative estimate of drug-likeness (QED) is 0.658. The van der Waals surface area contributed by atoms with E-state index in [2.05, 4.69) is 0 Å². The Kier molecular flexibility index (Phi) is 5.30. The summed E-state index contributed by atoms with van der Waals surface area (Å²) in [5.74, 6) is 0. The van der Waals surface area contributed by atoms with E-state index in [0.29, 0.717) is 0 Å². The average molecular weight is 225 g/mol. The highest BCUT2D eigenvalue weighted by molar-refractivity contribution is 7.90. The molecule has 0 aliphatic carbocycles. The van der Waals surface area contributed by atoms with Crippen LogP contribution in [0.5, 0.6) is 0 Å². The SMILES string of the molecule is CC(C)N(CCC#N)S(=O)(=O)CCl. The Morgan fingerprint density at radius 1 is 1.54 bits per heavy atom. The Hall–Kier alpha value is -0.310. The molecule has 0 unspecified atom stereocenters. The zero-order valence-corrected chi connectivity index (χ0v) is 9.27. The molecule has 0 N–H and O–H groups in total. The van der Waals surface area contributed by atoms with Crippen molar-refractivity contribution >= 4 is 21.6 Å². The van der Waals surface area contributed by atoms with Crippen LogP contribution in [-0.2, 0) is 10.0 Å². The molecule has 0 bridgehead atoms. The van der Waals surface area contributed by atoms with Crippen molar-refractivity contribution < 1.29 is 8.42 Å². The third kappa shape index (κ3) is 3.94. The van der Waals surface area contributed by atoms with Gasteiger partial charge < -0.3 is 0 Å². The van der Waals surface area contributed by atoms with Gasteiger partial charge in [0, 0.05) is 19.0 Å². The predicted molar refractivity (Wildman–Crippen MR) is 51.7 cm³/mol. The topological polar surface area (TPSA) is 61.2 Å². The van der Waals surface area contributed by atoms with Crippen molar-refractivity contribution in [1.29, 1.82) is 5.26 Å². The van der Waals surface area contributed by atoms with E-state index in [-0.39, 0.29) is 19.0 Å². The number of rotatable bonds is 5. The van der Waals surface area contributed by atoms with Crippen LogP contribution in [0.25, 0.3) is 0 Å². The first-order chi connectivity index (χ1) is 5.95. The van der Waals surface area contributed by atoms with Crippen LogP contribution in [0.2, 0.25) is 0 Å². The lowest BCUT2D eigenvalue weighted by atomic mass is 10.3. The standard InChI is InChI=1S/C7H13ClN2O2S/c1-7(2)10(5-3-4-9)13(11,12)6-8/h7H,3,5-6H2,1-2H3. The summed E-state index contributed by atoms with van der Waals surface area (Å²) in [5, 5.41) is 7.90. The van der Waals surface area contributed by atoms with Gasteiger partial charge in [0.15, 0.2) is 0 Å². The van der Waals surface area contributed by atoms with Crippen molar-refractivity contribution in [3.63, 3.8) is 0 Å². The van der Waals surface area contributed by atoms with Crippen LogP contribution in [0.3, 0.4) is 0 Å². The molecule has 0 fully saturated rings. The van der Waals surface area contributed by atoms with Crippen LogP contribution in [0.15, 0.2) is 0 Å². The van der Waals surface area contributed by atoms with Gasteiger partial charge in [-0.3, -0.25) is 0 Å². The second-order valence-corrected chi connectivity index (χ2v) is 5.34. The molecule has 0 radical (unpaired) electrons. The first-order valence-electron chi connectivity index (χ1n) is 3.88. The van der Waals surface area contributed by atoms with Crippen LogP contribution in [0, 0.1) is 11.3 Å². The fourth-order valence-corrected chi connectivity index (χ4v) is 2.45. The van der Waals surface area contributed by atoms with Gasteiger partial charge in [-0.1, -0.05) is 0 Å². The Labute approximate surface area is 84.1 Å². The maximum atomic E-state index is 11.3. The molecule has 0 saturated carbocycles. The second-order valence-electron chi connectivity index (χ2n) is 2.83. The molecule has 0 spiro atoms. The molecule has 0 amide bonds. The lowest BCUT2D eigenvalue weighted by Gasteiger charge is -2.23. The lowest BCUT2D eigenvalue weighted by molar-refractivity contribution is 0.362. The van der Waals surface area contributed by atoms with Crippen LogP contribution < -0.4 is 0 Å². The molecule has 0 aliphatic rings. The van der Waals surface area contributed by atoms with E-state index in [0.717, 1.165) is 0 Å². The number of halogens is 1. The van der Waals surface area contributed by atoms with Crippen molar-refractivity contribution in [3.8, 4) is 6.07 Å². The molecule has 0 rings (SSSR count). The fraction of sp³-hybridized carbons (Fsp3) is 0.857. The normalized spacial score (nSPS) is 12.0. The van der Waals surface area contributed by atoms with E-state index in [4.69, 9.17) is 16.9 Å². The van der Waals surface area contributed by atoms with E-state index in [1.807, 2.05) is 6.07 Å². The highest BCUT2D eigenvalue weighted by Crippen LogP contribution is 2.09. The van der Waals surface area contributed by atoms with Crippen molar-refractivity contribution in [2.75, 3.05) is 11.8 Å². The van der Waals surface area contributed by atoms with Crippen LogP contribution in [0.1, 0.15) is 20.3 Å². The minimum Gasteiger partial charge on any atom is -0.211 e. The van der Waals surface area contributed by atoms with E-state index < -0.39 is 15.2 Å². The van der Waals surface area contributed by atoms with Gasteiger partial charge >= 0.3 is 0 Å². The average Bonchev–Trinajstić information content (AvgIpc) is 2.04. The van der Waals surface area contributed by atoms with Crippen molar-refractivity contribution in [1.82, 2.24) is 4.31 Å². The highest BCUT2D eigenvalue weighted by Gasteiger charge is 2.22. The molecule has 0 atom stereocenters. The summed E-state index contributed by atoms with van der Waals surface area (Å²) in [6, 6.07) is 1.74. The molecule has 0 aromatic rings. The van der Waals surface area contributed by atoms with Crippen molar-refractivity contribution in [2.24, 2.45) is 0 Å². The van der Waals surface area contributed by atoms with Crippen LogP contribution in [0.4, 0.5) is 0 Å². The summed E-state index contributed by atoms with van der Waals surface area (Å²) in [6.45, 7) is 3.71. The molecule has 0 aromatic heterocycles. The third-order valence-corrected chi connectivity index (χ3v) is 3.94. The minimum atomic E-state index is -3.38. The Morgan fingerprint density at radius 3 is 2.38 bits per heavy atom. The van der Waals surface area contributed by atoms with E-state index >= 15 is 0 Å². The largest absolute Gasteiger partial charge is 0.228 e. The summed E-state index contributed by atoms with van der Waals surface area (Å²) < 4.78 is 23.9. The lowest BCUT2D eigenvalue weighted by Crippen LogP contribution is -2.38.